The van der Waals surface area contributed by atoms with Gasteiger partial charge in [0.05, 0.1) is 12.5 Å². The smallest absolute Gasteiger partial charge is 0.196 e. The minimum Gasteiger partial charge on any atom is -0.384 e. The van der Waals surface area contributed by atoms with Crippen molar-refractivity contribution in [1.82, 2.24) is 0 Å². The zero-order valence-electron chi connectivity index (χ0n) is 16.4. The molecule has 0 saturated carbocycles. The Morgan fingerprint density at radius 3 is 1.85 bits per heavy atom. The Kier molecular flexibility index (Phi) is 5.29. The lowest BCUT2D eigenvalue weighted by molar-refractivity contribution is 0.0980. The Balaban J connectivity index is 2.14. The van der Waals surface area contributed by atoms with E-state index in [0.717, 1.165) is 25.7 Å². The first-order valence-electron chi connectivity index (χ1n) is 9.93. The van der Waals surface area contributed by atoms with Gasteiger partial charge in [-0.3, -0.25) is 9.59 Å². The van der Waals surface area contributed by atoms with E-state index >= 15 is 0 Å². The first-order chi connectivity index (χ1) is 13.1. The molecule has 0 radical (unpaired) electrons. The van der Waals surface area contributed by atoms with Gasteiger partial charge in [0, 0.05) is 35.6 Å². The van der Waals surface area contributed by atoms with E-state index in [1.54, 1.807) is 30.3 Å². The van der Waals surface area contributed by atoms with Crippen LogP contribution in [0.3, 0.4) is 0 Å². The lowest BCUT2D eigenvalue weighted by atomic mass is 9.82. The van der Waals surface area contributed by atoms with Gasteiger partial charge in [0.2, 0.25) is 0 Å². The number of nitrogens with one attached hydrogen (secondary N) is 2. The van der Waals surface area contributed by atoms with Crippen LogP contribution in [0.4, 0.5) is 11.4 Å². The van der Waals surface area contributed by atoms with Crippen molar-refractivity contribution < 1.29 is 11.0 Å². The van der Waals surface area contributed by atoms with Gasteiger partial charge >= 0.3 is 0 Å². The molecule has 4 nitrogen and oxygen atoms in total. The number of hydrogen-bond acceptors (Lipinski definition) is 4. The summed E-state index contributed by atoms with van der Waals surface area (Å²) in [6.07, 6.45) is 3.92. The summed E-state index contributed by atoms with van der Waals surface area (Å²) in [5.41, 5.74) is 2.63. The van der Waals surface area contributed by atoms with Gasteiger partial charge in [-0.15, -0.1) is 0 Å². The number of carbonyl (C=O) groups is 2. The summed E-state index contributed by atoms with van der Waals surface area (Å²) >= 11 is 0. The van der Waals surface area contributed by atoms with E-state index in [1.165, 1.54) is 0 Å². The molecule has 2 aromatic rings. The lowest BCUT2D eigenvalue weighted by Crippen LogP contribution is -2.24. The van der Waals surface area contributed by atoms with E-state index in [2.05, 4.69) is 24.5 Å². The molecule has 0 bridgehead atoms. The van der Waals surface area contributed by atoms with Crippen molar-refractivity contribution in [2.24, 2.45) is 0 Å². The highest BCUT2D eigenvalue weighted by Crippen LogP contribution is 2.36. The van der Waals surface area contributed by atoms with Crippen molar-refractivity contribution in [3.8, 4) is 0 Å². The molecule has 2 aromatic carbocycles. The van der Waals surface area contributed by atoms with Crippen LogP contribution in [0.5, 0.6) is 0 Å². The van der Waals surface area contributed by atoms with Crippen LogP contribution in [0.1, 0.15) is 72.7 Å². The highest BCUT2D eigenvalue weighted by Gasteiger charge is 2.33. The van der Waals surface area contributed by atoms with Crippen molar-refractivity contribution in [2.45, 2.75) is 39.5 Å². The number of carbonyl (C=O) groups excluding carboxylic acids is 2. The van der Waals surface area contributed by atoms with Crippen molar-refractivity contribution in [3.63, 3.8) is 0 Å². The van der Waals surface area contributed by atoms with E-state index in [4.69, 9.17) is 1.37 Å². The van der Waals surface area contributed by atoms with Crippen LogP contribution in [0.15, 0.2) is 36.4 Å². The Morgan fingerprint density at radius 2 is 1.31 bits per heavy atom. The highest BCUT2D eigenvalue weighted by molar-refractivity contribution is 6.31. The average molecular weight is 351 g/mol. The van der Waals surface area contributed by atoms with Crippen molar-refractivity contribution in [3.05, 3.63) is 58.6 Å². The second-order valence-electron chi connectivity index (χ2n) is 6.59. The highest BCUT2D eigenvalue weighted by atomic mass is 16.1. The maximum Gasteiger partial charge on any atom is 0.196 e. The van der Waals surface area contributed by atoms with E-state index < -0.39 is 0 Å². The molecular weight excluding hydrogens is 324 g/mol. The van der Waals surface area contributed by atoms with Gasteiger partial charge in [0.25, 0.3) is 0 Å². The standard InChI is InChI=1S/C22H26N2O2/c1-3-5-13-23-17-11-12-18(24-14-6-4-2)20-19(17)21(25)15-9-7-8-10-16(15)22(20)26/h7-12,23-24H,3-6,13-14H2,1-2H3/i11D. The second kappa shape index (κ2) is 8.17. The molecule has 4 heteroatoms. The summed E-state index contributed by atoms with van der Waals surface area (Å²) in [5.74, 6) is -0.343. The Hall–Kier alpha value is -2.62. The number of rotatable bonds is 8. The van der Waals surface area contributed by atoms with Gasteiger partial charge in [-0.25, -0.2) is 0 Å². The Labute approximate surface area is 156 Å². The van der Waals surface area contributed by atoms with E-state index in [-0.39, 0.29) is 17.6 Å². The van der Waals surface area contributed by atoms with Gasteiger partial charge < -0.3 is 10.6 Å². The number of hydrogen-bond donors (Lipinski definition) is 2. The number of benzene rings is 2. The van der Waals surface area contributed by atoms with E-state index in [0.29, 0.717) is 46.7 Å². The number of anilines is 2. The third kappa shape index (κ3) is 3.36. The molecule has 1 aliphatic rings. The zero-order valence-corrected chi connectivity index (χ0v) is 15.4. The van der Waals surface area contributed by atoms with Crippen molar-refractivity contribution >= 4 is 22.9 Å². The fourth-order valence-corrected chi connectivity index (χ4v) is 3.23. The molecule has 2 N–H and O–H groups in total. The van der Waals surface area contributed by atoms with Gasteiger partial charge in [-0.1, -0.05) is 51.0 Å². The largest absolute Gasteiger partial charge is 0.384 e. The van der Waals surface area contributed by atoms with Crippen LogP contribution in [-0.4, -0.2) is 24.7 Å². The van der Waals surface area contributed by atoms with Crippen LogP contribution in [-0.2, 0) is 0 Å². The van der Waals surface area contributed by atoms with E-state index in [9.17, 15) is 9.59 Å². The Morgan fingerprint density at radius 1 is 0.808 bits per heavy atom. The molecule has 0 amide bonds. The maximum atomic E-state index is 13.2. The molecule has 0 atom stereocenters. The first kappa shape index (κ1) is 16.8. The van der Waals surface area contributed by atoms with Crippen LogP contribution in [0, 0.1) is 0 Å². The molecule has 0 aromatic heterocycles. The average Bonchev–Trinajstić information content (AvgIpc) is 2.67. The quantitative estimate of drug-likeness (QED) is 0.568. The third-order valence-corrected chi connectivity index (χ3v) is 4.68. The maximum absolute atomic E-state index is 13.2. The van der Waals surface area contributed by atoms with Crippen LogP contribution >= 0.6 is 0 Å². The predicted molar refractivity (Wildman–Crippen MR) is 107 cm³/mol. The fraction of sp³-hybridized carbons (Fsp3) is 0.364. The molecule has 0 unspecified atom stereocenters. The molecule has 0 heterocycles. The monoisotopic (exact) mass is 351 g/mol. The van der Waals surface area contributed by atoms with Gasteiger partial charge in [0.15, 0.2) is 11.6 Å². The topological polar surface area (TPSA) is 58.2 Å². The molecule has 3 rings (SSSR count). The SMILES string of the molecule is [2H]c1cc(NCCCC)c2c(c1NCCCC)C(=O)c1ccccc1C2=O. The second-order valence-corrected chi connectivity index (χ2v) is 6.59. The normalized spacial score (nSPS) is 13.1. The van der Waals surface area contributed by atoms with Crippen molar-refractivity contribution in [2.75, 3.05) is 23.7 Å². The summed E-state index contributed by atoms with van der Waals surface area (Å²) in [7, 11) is 0. The van der Waals surface area contributed by atoms with Gasteiger partial charge in [-0.05, 0) is 25.0 Å². The summed E-state index contributed by atoms with van der Waals surface area (Å²) in [5, 5.41) is 6.50. The van der Waals surface area contributed by atoms with Crippen LogP contribution in [0.25, 0.3) is 0 Å². The molecule has 0 fully saturated rings. The summed E-state index contributed by atoms with van der Waals surface area (Å²) < 4.78 is 8.44. The molecule has 0 spiro atoms. The molecule has 1 aliphatic carbocycles. The van der Waals surface area contributed by atoms with Crippen LogP contribution in [0.2, 0.25) is 0 Å². The molecule has 136 valence electrons. The Bertz CT molecular complexity index is 877. The molecule has 26 heavy (non-hydrogen) atoms. The summed E-state index contributed by atoms with van der Waals surface area (Å²) in [6.45, 7) is 5.55. The number of unbranched alkanes of at least 4 members (excludes halogenated alkanes) is 2. The van der Waals surface area contributed by atoms with Crippen molar-refractivity contribution in [1.29, 1.82) is 0 Å². The molecular formula is C22H26N2O2. The zero-order chi connectivity index (χ0) is 19.4. The van der Waals surface area contributed by atoms with E-state index in [1.807, 2.05) is 0 Å². The number of ketones is 2. The molecule has 0 saturated heterocycles. The summed E-state index contributed by atoms with van der Waals surface area (Å²) in [4.78, 5) is 26.5. The predicted octanol–water partition coefficient (Wildman–Crippen LogP) is 4.89. The van der Waals surface area contributed by atoms with Gasteiger partial charge in [0.1, 0.15) is 0 Å². The van der Waals surface area contributed by atoms with Gasteiger partial charge in [-0.2, -0.15) is 0 Å². The first-order valence-corrected chi connectivity index (χ1v) is 9.43. The molecule has 0 aliphatic heterocycles. The minimum atomic E-state index is -0.188. The summed E-state index contributed by atoms with van der Waals surface area (Å²) in [6, 6.07) is 8.84. The fourth-order valence-electron chi connectivity index (χ4n) is 3.23. The van der Waals surface area contributed by atoms with Crippen LogP contribution < -0.4 is 10.6 Å². The lowest BCUT2D eigenvalue weighted by Gasteiger charge is -2.24. The minimum absolute atomic E-state index is 0.155. The number of fused-ring (bicyclic) bond motifs is 2. The third-order valence-electron chi connectivity index (χ3n) is 4.68.